The first-order chi connectivity index (χ1) is 8.25. The third-order valence-electron chi connectivity index (χ3n) is 2.64. The van der Waals surface area contributed by atoms with Crippen molar-refractivity contribution in [2.45, 2.75) is 5.25 Å². The van der Waals surface area contributed by atoms with Gasteiger partial charge in [-0.15, -0.1) is 11.8 Å². The van der Waals surface area contributed by atoms with E-state index in [-0.39, 0.29) is 16.0 Å². The fourth-order valence-electron chi connectivity index (χ4n) is 1.88. The summed E-state index contributed by atoms with van der Waals surface area (Å²) in [6.07, 6.45) is 2.04. The van der Waals surface area contributed by atoms with E-state index in [1.165, 1.54) is 0 Å². The van der Waals surface area contributed by atoms with Crippen LogP contribution in [0.4, 0.5) is 0 Å². The molecular formula is C12H9NO2S2. The Hall–Kier alpha value is -1.46. The lowest BCUT2D eigenvalue weighted by atomic mass is 10.0. The van der Waals surface area contributed by atoms with Crippen molar-refractivity contribution in [2.24, 2.45) is 0 Å². The molecule has 2 aromatic rings. The predicted molar refractivity (Wildman–Crippen MR) is 71.5 cm³/mol. The van der Waals surface area contributed by atoms with Crippen molar-refractivity contribution in [3.8, 4) is 5.88 Å². The second-order valence-corrected chi connectivity index (χ2v) is 5.71. The third kappa shape index (κ3) is 1.81. The van der Waals surface area contributed by atoms with Gasteiger partial charge >= 0.3 is 4.87 Å². The molecule has 0 aliphatic carbocycles. The summed E-state index contributed by atoms with van der Waals surface area (Å²) in [5, 5.41) is 11.7. The molecule has 86 valence electrons. The highest BCUT2D eigenvalue weighted by Crippen LogP contribution is 2.45. The quantitative estimate of drug-likeness (QED) is 0.831. The van der Waals surface area contributed by atoms with Crippen LogP contribution >= 0.6 is 23.1 Å². The molecule has 3 rings (SSSR count). The summed E-state index contributed by atoms with van der Waals surface area (Å²) in [6, 6.07) is 8.01. The van der Waals surface area contributed by atoms with Crippen LogP contribution < -0.4 is 4.87 Å². The van der Waals surface area contributed by atoms with Gasteiger partial charge in [0.25, 0.3) is 0 Å². The molecule has 17 heavy (non-hydrogen) atoms. The SMILES string of the molecule is O=c1[nH]c(O)c(C2SC=Cc3ccccc32)s1. The van der Waals surface area contributed by atoms with Crippen LogP contribution in [0.3, 0.4) is 0 Å². The fourth-order valence-corrected chi connectivity index (χ4v) is 3.90. The van der Waals surface area contributed by atoms with Crippen molar-refractivity contribution in [3.05, 3.63) is 55.3 Å². The molecule has 0 saturated heterocycles. The summed E-state index contributed by atoms with van der Waals surface area (Å²) in [5.41, 5.74) is 2.27. The fraction of sp³-hybridized carbons (Fsp3) is 0.0833. The van der Waals surface area contributed by atoms with Crippen LogP contribution in [0.15, 0.2) is 34.5 Å². The Kier molecular flexibility index (Phi) is 2.57. The van der Waals surface area contributed by atoms with Crippen molar-refractivity contribution in [1.29, 1.82) is 0 Å². The average molecular weight is 263 g/mol. The van der Waals surface area contributed by atoms with Gasteiger partial charge in [-0.1, -0.05) is 35.6 Å². The molecule has 1 unspecified atom stereocenters. The van der Waals surface area contributed by atoms with Crippen LogP contribution in [0.1, 0.15) is 21.3 Å². The van der Waals surface area contributed by atoms with Crippen molar-refractivity contribution in [2.75, 3.05) is 0 Å². The second-order valence-electron chi connectivity index (χ2n) is 3.68. The maximum absolute atomic E-state index is 11.2. The number of thiazole rings is 1. The molecule has 0 radical (unpaired) electrons. The molecule has 2 N–H and O–H groups in total. The zero-order chi connectivity index (χ0) is 11.8. The Labute approximate surface area is 106 Å². The number of aromatic hydroxyl groups is 1. The Bertz CT molecular complexity index is 642. The molecule has 0 saturated carbocycles. The van der Waals surface area contributed by atoms with Crippen molar-refractivity contribution in [3.63, 3.8) is 0 Å². The molecular weight excluding hydrogens is 254 g/mol. The van der Waals surface area contributed by atoms with E-state index in [1.54, 1.807) is 11.8 Å². The van der Waals surface area contributed by atoms with Gasteiger partial charge in [0, 0.05) is 0 Å². The van der Waals surface area contributed by atoms with Gasteiger partial charge in [0.2, 0.25) is 5.88 Å². The molecule has 2 heterocycles. The average Bonchev–Trinajstić information content (AvgIpc) is 2.68. The highest BCUT2D eigenvalue weighted by molar-refractivity contribution is 8.02. The Balaban J connectivity index is 2.15. The first-order valence-electron chi connectivity index (χ1n) is 5.08. The summed E-state index contributed by atoms with van der Waals surface area (Å²) in [5.74, 6) is -0.0115. The summed E-state index contributed by atoms with van der Waals surface area (Å²) < 4.78 is 0. The Morgan fingerprint density at radius 3 is 2.88 bits per heavy atom. The van der Waals surface area contributed by atoms with E-state index in [9.17, 15) is 9.90 Å². The van der Waals surface area contributed by atoms with Crippen molar-refractivity contribution in [1.82, 2.24) is 4.98 Å². The monoisotopic (exact) mass is 263 g/mol. The highest BCUT2D eigenvalue weighted by atomic mass is 32.2. The first kappa shape index (κ1) is 10.7. The topological polar surface area (TPSA) is 53.1 Å². The molecule has 1 aliphatic heterocycles. The summed E-state index contributed by atoms with van der Waals surface area (Å²) in [7, 11) is 0. The normalized spacial score (nSPS) is 18.0. The number of rotatable bonds is 1. The van der Waals surface area contributed by atoms with Crippen molar-refractivity contribution >= 4 is 29.2 Å². The van der Waals surface area contributed by atoms with E-state index >= 15 is 0 Å². The van der Waals surface area contributed by atoms with Gasteiger partial charge in [-0.05, 0) is 22.6 Å². The van der Waals surface area contributed by atoms with Crippen molar-refractivity contribution < 1.29 is 5.11 Å². The van der Waals surface area contributed by atoms with E-state index in [0.29, 0.717) is 4.88 Å². The lowest BCUT2D eigenvalue weighted by molar-refractivity contribution is 0.451. The maximum Gasteiger partial charge on any atom is 0.307 e. The first-order valence-corrected chi connectivity index (χ1v) is 6.84. The number of aromatic amines is 1. The molecule has 0 amide bonds. The lowest BCUT2D eigenvalue weighted by Crippen LogP contribution is -1.99. The minimum Gasteiger partial charge on any atom is -0.494 e. The summed E-state index contributed by atoms with van der Waals surface area (Å²) in [6.45, 7) is 0. The van der Waals surface area contributed by atoms with E-state index in [0.717, 1.165) is 22.5 Å². The maximum atomic E-state index is 11.2. The van der Waals surface area contributed by atoms with E-state index in [2.05, 4.69) is 4.98 Å². The van der Waals surface area contributed by atoms with Gasteiger partial charge < -0.3 is 5.11 Å². The number of aromatic nitrogens is 1. The van der Waals surface area contributed by atoms with Gasteiger partial charge in [-0.3, -0.25) is 9.78 Å². The van der Waals surface area contributed by atoms with Crippen LogP contribution in [-0.2, 0) is 0 Å². The lowest BCUT2D eigenvalue weighted by Gasteiger charge is -2.19. The zero-order valence-corrected chi connectivity index (χ0v) is 10.3. The molecule has 1 aromatic heterocycles. The third-order valence-corrected chi connectivity index (χ3v) is 4.78. The highest BCUT2D eigenvalue weighted by Gasteiger charge is 2.24. The molecule has 3 nitrogen and oxygen atoms in total. The molecule has 1 aromatic carbocycles. The summed E-state index contributed by atoms with van der Waals surface area (Å²) >= 11 is 2.67. The molecule has 1 atom stereocenters. The standard InChI is InChI=1S/C12H9NO2S2/c14-11-10(17-12(15)13-11)9-8-4-2-1-3-7(8)5-6-16-9/h1-6,9,14H,(H,13,15). The number of H-pyrrole nitrogens is 1. The zero-order valence-electron chi connectivity index (χ0n) is 8.71. The van der Waals surface area contributed by atoms with Crippen LogP contribution in [0.2, 0.25) is 0 Å². The number of fused-ring (bicyclic) bond motifs is 1. The van der Waals surface area contributed by atoms with Crippen LogP contribution in [0.25, 0.3) is 6.08 Å². The van der Waals surface area contributed by atoms with Gasteiger partial charge in [0.05, 0.1) is 10.1 Å². The Morgan fingerprint density at radius 1 is 1.29 bits per heavy atom. The molecule has 0 fully saturated rings. The van der Waals surface area contributed by atoms with E-state index in [4.69, 9.17) is 0 Å². The molecule has 1 aliphatic rings. The van der Waals surface area contributed by atoms with Gasteiger partial charge in [0.1, 0.15) is 0 Å². The molecule has 0 spiro atoms. The number of benzene rings is 1. The summed E-state index contributed by atoms with van der Waals surface area (Å²) in [4.78, 5) is 14.1. The Morgan fingerprint density at radius 2 is 2.12 bits per heavy atom. The largest absolute Gasteiger partial charge is 0.494 e. The smallest absolute Gasteiger partial charge is 0.307 e. The number of thioether (sulfide) groups is 1. The second kappa shape index (κ2) is 4.09. The van der Waals surface area contributed by atoms with Crippen LogP contribution in [-0.4, -0.2) is 10.1 Å². The number of hydrogen-bond donors (Lipinski definition) is 2. The van der Waals surface area contributed by atoms with Crippen LogP contribution in [0, 0.1) is 0 Å². The van der Waals surface area contributed by atoms with Gasteiger partial charge in [-0.2, -0.15) is 0 Å². The minimum absolute atomic E-state index is 0.000139. The number of hydrogen-bond acceptors (Lipinski definition) is 4. The van der Waals surface area contributed by atoms with Gasteiger partial charge in [0.15, 0.2) is 0 Å². The minimum atomic E-state index is -0.217. The van der Waals surface area contributed by atoms with Gasteiger partial charge in [-0.25, -0.2) is 0 Å². The van der Waals surface area contributed by atoms with E-state index in [1.807, 2.05) is 35.7 Å². The van der Waals surface area contributed by atoms with E-state index < -0.39 is 0 Å². The number of nitrogens with one attached hydrogen (secondary N) is 1. The molecule has 5 heteroatoms. The molecule has 0 bridgehead atoms. The predicted octanol–water partition coefficient (Wildman–Crippen LogP) is 2.95. The van der Waals surface area contributed by atoms with Crippen LogP contribution in [0.5, 0.6) is 5.88 Å².